The van der Waals surface area contributed by atoms with E-state index in [4.69, 9.17) is 0 Å². The standard InChI is InChI=1S/C63H47N/c1-2-14-44(15-3-1)52-18-6-7-19-54(52)55-20-8-9-21-56(55)59-23-11-13-25-62(59)64(49-33-29-43(30-34-49)46-31-36-53-47(39-46)28-27-45-16-4-5-17-51(45)53)50-35-37-58-57-22-10-12-24-60(57)63(61(58)40-50)41-42-26-32-48(63)38-42/h1-25,27-31,33-37,39-40,42,48H,26,32,38,41H2. The Labute approximate surface area is 375 Å². The van der Waals surface area contributed by atoms with Gasteiger partial charge in [-0.25, -0.2) is 0 Å². The predicted octanol–water partition coefficient (Wildman–Crippen LogP) is 17.2. The quantitative estimate of drug-likeness (QED) is 0.145. The van der Waals surface area contributed by atoms with Crippen molar-refractivity contribution in [2.24, 2.45) is 11.8 Å². The van der Waals surface area contributed by atoms with Crippen LogP contribution in [0.4, 0.5) is 17.1 Å². The van der Waals surface area contributed by atoms with Gasteiger partial charge in [-0.15, -0.1) is 0 Å². The first-order valence-electron chi connectivity index (χ1n) is 23.1. The SMILES string of the molecule is c1ccc(-c2ccccc2-c2ccccc2-c2ccccc2N(c2ccc(-c3ccc4c(ccc5ccccc54)c3)cc2)c2ccc3c(c2)C2(CC4CCC2C4)c2ccccc2-3)cc1. The van der Waals surface area contributed by atoms with E-state index >= 15 is 0 Å². The molecule has 0 aliphatic heterocycles. The molecular weight excluding hydrogens is 771 g/mol. The Hall–Kier alpha value is -7.48. The van der Waals surface area contributed by atoms with Crippen LogP contribution in [0.15, 0.2) is 224 Å². The van der Waals surface area contributed by atoms with Gasteiger partial charge in [0, 0.05) is 22.4 Å². The highest BCUT2D eigenvalue weighted by Gasteiger charge is 2.56. The summed E-state index contributed by atoms with van der Waals surface area (Å²) in [7, 11) is 0. The Kier molecular flexibility index (Phi) is 8.59. The second kappa shape index (κ2) is 14.8. The van der Waals surface area contributed by atoms with E-state index in [2.05, 4.69) is 229 Å². The van der Waals surface area contributed by atoms with Crippen molar-refractivity contribution in [3.63, 3.8) is 0 Å². The Morgan fingerprint density at radius 2 is 0.953 bits per heavy atom. The summed E-state index contributed by atoms with van der Waals surface area (Å²) in [5.41, 5.74) is 19.3. The summed E-state index contributed by atoms with van der Waals surface area (Å²) in [6.45, 7) is 0. The van der Waals surface area contributed by atoms with Gasteiger partial charge in [-0.1, -0.05) is 194 Å². The number of benzene rings is 10. The van der Waals surface area contributed by atoms with Gasteiger partial charge in [-0.2, -0.15) is 0 Å². The zero-order chi connectivity index (χ0) is 42.2. The largest absolute Gasteiger partial charge is 0.310 e. The summed E-state index contributed by atoms with van der Waals surface area (Å²) in [5.74, 6) is 1.49. The summed E-state index contributed by atoms with van der Waals surface area (Å²) >= 11 is 0. The molecule has 3 unspecified atom stereocenters. The monoisotopic (exact) mass is 817 g/mol. The number of nitrogens with zero attached hydrogens (tertiary/aromatic N) is 1. The van der Waals surface area contributed by atoms with Crippen LogP contribution in [0.1, 0.15) is 36.8 Å². The smallest absolute Gasteiger partial charge is 0.0540 e. The van der Waals surface area contributed by atoms with E-state index < -0.39 is 0 Å². The van der Waals surface area contributed by atoms with Crippen LogP contribution in [0.3, 0.4) is 0 Å². The van der Waals surface area contributed by atoms with Crippen LogP contribution >= 0.6 is 0 Å². The average molecular weight is 818 g/mol. The lowest BCUT2D eigenvalue weighted by Crippen LogP contribution is -2.32. The molecule has 10 aromatic carbocycles. The summed E-state index contributed by atoms with van der Waals surface area (Å²) < 4.78 is 0. The topological polar surface area (TPSA) is 3.24 Å². The van der Waals surface area contributed by atoms with Gasteiger partial charge in [0.1, 0.15) is 0 Å². The van der Waals surface area contributed by atoms with E-state index in [0.717, 1.165) is 17.3 Å². The maximum atomic E-state index is 2.59. The van der Waals surface area contributed by atoms with E-state index in [1.54, 1.807) is 5.56 Å². The lowest BCUT2D eigenvalue weighted by molar-refractivity contribution is 0.327. The van der Waals surface area contributed by atoms with Gasteiger partial charge < -0.3 is 4.90 Å². The first kappa shape index (κ1) is 37.1. The zero-order valence-electron chi connectivity index (χ0n) is 35.8. The summed E-state index contributed by atoms with van der Waals surface area (Å²) in [4.78, 5) is 2.54. The van der Waals surface area contributed by atoms with Crippen LogP contribution in [0, 0.1) is 11.8 Å². The average Bonchev–Trinajstić information content (AvgIpc) is 4.07. The third kappa shape index (κ3) is 5.77. The summed E-state index contributed by atoms with van der Waals surface area (Å²) in [5, 5.41) is 5.13. The molecule has 304 valence electrons. The highest BCUT2D eigenvalue weighted by molar-refractivity contribution is 6.08. The van der Waals surface area contributed by atoms with E-state index in [1.807, 2.05) is 0 Å². The number of anilines is 3. The van der Waals surface area contributed by atoms with Crippen LogP contribution in [0.25, 0.3) is 77.2 Å². The lowest BCUT2D eigenvalue weighted by Gasteiger charge is -2.37. The molecule has 0 N–H and O–H groups in total. The predicted molar refractivity (Wildman–Crippen MR) is 270 cm³/mol. The molecule has 10 aromatic rings. The molecule has 0 radical (unpaired) electrons. The van der Waals surface area contributed by atoms with Crippen LogP contribution in [0.5, 0.6) is 0 Å². The third-order valence-corrected chi connectivity index (χ3v) is 15.2. The van der Waals surface area contributed by atoms with Gasteiger partial charge in [-0.3, -0.25) is 0 Å². The van der Waals surface area contributed by atoms with Gasteiger partial charge in [0.15, 0.2) is 0 Å². The minimum atomic E-state index is 0.0784. The molecule has 0 aromatic heterocycles. The van der Waals surface area contributed by atoms with Gasteiger partial charge >= 0.3 is 0 Å². The summed E-state index contributed by atoms with van der Waals surface area (Å²) in [6, 6.07) is 83.9. The molecule has 0 saturated heterocycles. The molecule has 2 fully saturated rings. The number of rotatable bonds is 7. The molecule has 1 nitrogen and oxygen atoms in total. The lowest BCUT2D eigenvalue weighted by atomic mass is 9.67. The van der Waals surface area contributed by atoms with E-state index in [1.165, 1.54) is 114 Å². The molecular formula is C63H47N. The van der Waals surface area contributed by atoms with Crippen molar-refractivity contribution in [1.29, 1.82) is 0 Å². The Morgan fingerprint density at radius 3 is 1.73 bits per heavy atom. The molecule has 3 aliphatic carbocycles. The number of fused-ring (bicyclic) bond motifs is 11. The Balaban J connectivity index is 0.985. The molecule has 1 spiro atoms. The second-order valence-corrected chi connectivity index (χ2v) is 18.4. The molecule has 13 rings (SSSR count). The van der Waals surface area contributed by atoms with E-state index in [-0.39, 0.29) is 5.41 Å². The van der Waals surface area contributed by atoms with Gasteiger partial charge in [0.2, 0.25) is 0 Å². The van der Waals surface area contributed by atoms with E-state index in [0.29, 0.717) is 5.92 Å². The molecule has 0 amide bonds. The fourth-order valence-corrected chi connectivity index (χ4v) is 12.4. The summed E-state index contributed by atoms with van der Waals surface area (Å²) in [6.07, 6.45) is 5.30. The first-order valence-corrected chi connectivity index (χ1v) is 23.1. The van der Waals surface area contributed by atoms with Crippen LogP contribution in [-0.2, 0) is 5.41 Å². The molecule has 3 aliphatic rings. The molecule has 3 atom stereocenters. The molecule has 64 heavy (non-hydrogen) atoms. The van der Waals surface area contributed by atoms with Crippen LogP contribution < -0.4 is 4.90 Å². The highest BCUT2D eigenvalue weighted by atomic mass is 15.1. The van der Waals surface area contributed by atoms with Crippen LogP contribution in [-0.4, -0.2) is 0 Å². The minimum absolute atomic E-state index is 0.0784. The van der Waals surface area contributed by atoms with Crippen LogP contribution in [0.2, 0.25) is 0 Å². The number of hydrogen-bond acceptors (Lipinski definition) is 1. The van der Waals surface area contributed by atoms with Crippen molar-refractivity contribution < 1.29 is 0 Å². The number of hydrogen-bond donors (Lipinski definition) is 0. The Morgan fingerprint density at radius 1 is 0.359 bits per heavy atom. The molecule has 1 heteroatoms. The molecule has 2 bridgehead atoms. The van der Waals surface area contributed by atoms with Crippen molar-refractivity contribution >= 4 is 38.6 Å². The van der Waals surface area contributed by atoms with Crippen molar-refractivity contribution in [2.45, 2.75) is 31.1 Å². The van der Waals surface area contributed by atoms with Gasteiger partial charge in [-0.05, 0) is 150 Å². The van der Waals surface area contributed by atoms with Gasteiger partial charge in [0.05, 0.1) is 5.69 Å². The maximum absolute atomic E-state index is 2.59. The molecule has 0 heterocycles. The third-order valence-electron chi connectivity index (χ3n) is 15.2. The molecule has 2 saturated carbocycles. The fourth-order valence-electron chi connectivity index (χ4n) is 12.4. The van der Waals surface area contributed by atoms with Crippen molar-refractivity contribution in [3.8, 4) is 55.6 Å². The highest BCUT2D eigenvalue weighted by Crippen LogP contribution is 2.66. The normalized spacial score (nSPS) is 18.1. The minimum Gasteiger partial charge on any atom is -0.310 e. The second-order valence-electron chi connectivity index (χ2n) is 18.4. The van der Waals surface area contributed by atoms with Crippen molar-refractivity contribution in [2.75, 3.05) is 4.90 Å². The maximum Gasteiger partial charge on any atom is 0.0540 e. The Bertz CT molecular complexity index is 3420. The number of para-hydroxylation sites is 1. The van der Waals surface area contributed by atoms with Crippen molar-refractivity contribution in [1.82, 2.24) is 0 Å². The first-order chi connectivity index (χ1) is 31.7. The fraction of sp³-hybridized carbons (Fsp3) is 0.111. The van der Waals surface area contributed by atoms with E-state index in [9.17, 15) is 0 Å². The van der Waals surface area contributed by atoms with Gasteiger partial charge in [0.25, 0.3) is 0 Å². The zero-order valence-corrected chi connectivity index (χ0v) is 35.8. The van der Waals surface area contributed by atoms with Crippen molar-refractivity contribution in [3.05, 3.63) is 236 Å².